The third-order valence-corrected chi connectivity index (χ3v) is 3.39. The van der Waals surface area contributed by atoms with E-state index in [0.29, 0.717) is 12.3 Å². The van der Waals surface area contributed by atoms with Gasteiger partial charge >= 0.3 is 5.97 Å². The number of carbonyl (C=O) groups is 2. The molecule has 17 heavy (non-hydrogen) atoms. The minimum Gasteiger partial charge on any atom is -0.478 e. The van der Waals surface area contributed by atoms with Crippen LogP contribution in [0.4, 0.5) is 0 Å². The second kappa shape index (κ2) is 7.13. The van der Waals surface area contributed by atoms with Gasteiger partial charge in [-0.05, 0) is 29.3 Å². The average molecular weight is 271 g/mol. The molecule has 0 radical (unpaired) electrons. The topological polar surface area (TPSA) is 66.4 Å². The Morgan fingerprint density at radius 3 is 3.00 bits per heavy atom. The van der Waals surface area contributed by atoms with E-state index >= 15 is 0 Å². The fraction of sp³-hybridized carbons (Fsp3) is 0.273. The minimum atomic E-state index is -0.978. The van der Waals surface area contributed by atoms with Crippen molar-refractivity contribution in [2.75, 3.05) is 12.0 Å². The molecule has 1 aromatic heterocycles. The molecule has 4 nitrogen and oxygen atoms in total. The number of carbonyl (C=O) groups excluding carboxylic acids is 1. The molecule has 0 saturated heterocycles. The van der Waals surface area contributed by atoms with Gasteiger partial charge in [-0.1, -0.05) is 0 Å². The number of hydrogen-bond acceptors (Lipinski definition) is 4. The lowest BCUT2D eigenvalue weighted by Crippen LogP contribution is -2.24. The zero-order valence-corrected chi connectivity index (χ0v) is 10.9. The van der Waals surface area contributed by atoms with Crippen LogP contribution in [0.5, 0.6) is 0 Å². The zero-order chi connectivity index (χ0) is 12.7. The summed E-state index contributed by atoms with van der Waals surface area (Å²) >= 11 is 2.96. The third kappa shape index (κ3) is 5.06. The largest absolute Gasteiger partial charge is 0.478 e. The molecule has 6 heteroatoms. The van der Waals surface area contributed by atoms with Gasteiger partial charge in [0.2, 0.25) is 5.91 Å². The van der Waals surface area contributed by atoms with Crippen molar-refractivity contribution in [1.82, 2.24) is 5.32 Å². The molecule has 1 rings (SSSR count). The summed E-state index contributed by atoms with van der Waals surface area (Å²) in [7, 11) is 0. The van der Waals surface area contributed by atoms with Crippen molar-refractivity contribution in [1.29, 1.82) is 0 Å². The van der Waals surface area contributed by atoms with Crippen molar-refractivity contribution < 1.29 is 14.7 Å². The van der Waals surface area contributed by atoms with E-state index in [1.54, 1.807) is 0 Å². The van der Waals surface area contributed by atoms with Crippen LogP contribution in [0.3, 0.4) is 0 Å². The number of hydrogen-bond donors (Lipinski definition) is 2. The fourth-order valence-electron chi connectivity index (χ4n) is 1.16. The highest BCUT2D eigenvalue weighted by Gasteiger charge is 2.04. The van der Waals surface area contributed by atoms with Crippen LogP contribution in [0.25, 0.3) is 6.08 Å². The predicted octanol–water partition coefficient (Wildman–Crippen LogP) is 1.83. The molecule has 0 atom stereocenters. The summed E-state index contributed by atoms with van der Waals surface area (Å²) in [6, 6.07) is 1.83. The van der Waals surface area contributed by atoms with Gasteiger partial charge in [-0.25, -0.2) is 4.79 Å². The number of carboxylic acid groups (broad SMARTS) is 1. The maximum Gasteiger partial charge on any atom is 0.328 e. The standard InChI is InChI=1S/C11H13NO3S2/c1-16-7-10(13)12-6-9-8(4-5-17-9)2-3-11(14)15/h2-5H,6-7H2,1H3,(H,12,13)(H,14,15). The first-order chi connectivity index (χ1) is 8.13. The Morgan fingerprint density at radius 2 is 2.35 bits per heavy atom. The normalized spacial score (nSPS) is 10.6. The summed E-state index contributed by atoms with van der Waals surface area (Å²) in [5, 5.41) is 13.2. The number of rotatable bonds is 6. The molecule has 1 heterocycles. The summed E-state index contributed by atoms with van der Waals surface area (Å²) < 4.78 is 0. The van der Waals surface area contributed by atoms with Gasteiger partial charge < -0.3 is 10.4 Å². The van der Waals surface area contributed by atoms with Crippen LogP contribution in [0.15, 0.2) is 17.5 Å². The Balaban J connectivity index is 2.57. The molecule has 1 amide bonds. The molecule has 0 aromatic carbocycles. The van der Waals surface area contributed by atoms with Crippen LogP contribution in [0.2, 0.25) is 0 Å². The van der Waals surface area contributed by atoms with Gasteiger partial charge in [0.1, 0.15) is 0 Å². The predicted molar refractivity (Wildman–Crippen MR) is 71.2 cm³/mol. The van der Waals surface area contributed by atoms with Crippen molar-refractivity contribution >= 4 is 41.1 Å². The van der Waals surface area contributed by atoms with Crippen LogP contribution >= 0.6 is 23.1 Å². The average Bonchev–Trinajstić information content (AvgIpc) is 2.71. The van der Waals surface area contributed by atoms with E-state index in [9.17, 15) is 9.59 Å². The molecule has 92 valence electrons. The van der Waals surface area contributed by atoms with E-state index in [2.05, 4.69) is 5.32 Å². The van der Waals surface area contributed by atoms with E-state index in [4.69, 9.17) is 5.11 Å². The molecule has 0 aliphatic heterocycles. The molecule has 0 aliphatic rings. The van der Waals surface area contributed by atoms with Crippen LogP contribution < -0.4 is 5.32 Å². The van der Waals surface area contributed by atoms with E-state index in [-0.39, 0.29) is 5.91 Å². The van der Waals surface area contributed by atoms with E-state index < -0.39 is 5.97 Å². The summed E-state index contributed by atoms with van der Waals surface area (Å²) in [6.45, 7) is 0.441. The quantitative estimate of drug-likeness (QED) is 0.775. The highest BCUT2D eigenvalue weighted by molar-refractivity contribution is 7.99. The first-order valence-corrected chi connectivity index (χ1v) is 7.14. The zero-order valence-electron chi connectivity index (χ0n) is 9.30. The monoisotopic (exact) mass is 271 g/mol. The number of thiophene rings is 1. The van der Waals surface area contributed by atoms with Gasteiger partial charge in [0.25, 0.3) is 0 Å². The number of carboxylic acids is 1. The minimum absolute atomic E-state index is 0.0148. The van der Waals surface area contributed by atoms with Gasteiger partial charge in [-0.2, -0.15) is 11.8 Å². The summed E-state index contributed by atoms with van der Waals surface area (Å²) in [4.78, 5) is 22.6. The Hall–Kier alpha value is -1.27. The molecule has 0 fully saturated rings. The first-order valence-electron chi connectivity index (χ1n) is 4.86. The third-order valence-electron chi connectivity index (χ3n) is 1.91. The lowest BCUT2D eigenvalue weighted by atomic mass is 10.2. The van der Waals surface area contributed by atoms with Crippen molar-refractivity contribution in [2.45, 2.75) is 6.54 Å². The van der Waals surface area contributed by atoms with Crippen LogP contribution in [0.1, 0.15) is 10.4 Å². The SMILES string of the molecule is CSCC(=O)NCc1sccc1C=CC(=O)O. The number of thioether (sulfide) groups is 1. The lowest BCUT2D eigenvalue weighted by molar-refractivity contribution is -0.131. The number of nitrogens with one attached hydrogen (secondary N) is 1. The smallest absolute Gasteiger partial charge is 0.328 e. The second-order valence-electron chi connectivity index (χ2n) is 3.18. The van der Waals surface area contributed by atoms with E-state index in [0.717, 1.165) is 16.5 Å². The van der Waals surface area contributed by atoms with E-state index in [1.807, 2.05) is 17.7 Å². The van der Waals surface area contributed by atoms with Crippen molar-refractivity contribution in [3.63, 3.8) is 0 Å². The molecule has 0 saturated carbocycles. The molecule has 0 aliphatic carbocycles. The van der Waals surface area contributed by atoms with Gasteiger partial charge in [0.05, 0.1) is 12.3 Å². The van der Waals surface area contributed by atoms with E-state index in [1.165, 1.54) is 29.2 Å². The van der Waals surface area contributed by atoms with Gasteiger partial charge in [-0.15, -0.1) is 11.3 Å². The number of amides is 1. The maximum atomic E-state index is 11.3. The lowest BCUT2D eigenvalue weighted by Gasteiger charge is -2.03. The molecular formula is C11H13NO3S2. The molecule has 0 spiro atoms. The fourth-order valence-corrected chi connectivity index (χ4v) is 2.34. The molecule has 2 N–H and O–H groups in total. The Morgan fingerprint density at radius 1 is 1.59 bits per heavy atom. The van der Waals surface area contributed by atoms with Gasteiger partial charge in [-0.3, -0.25) is 4.79 Å². The van der Waals surface area contributed by atoms with Gasteiger partial charge in [0, 0.05) is 11.0 Å². The molecule has 0 bridgehead atoms. The van der Waals surface area contributed by atoms with Crippen molar-refractivity contribution in [3.05, 3.63) is 28.0 Å². The summed E-state index contributed by atoms with van der Waals surface area (Å²) in [5.41, 5.74) is 0.835. The highest BCUT2D eigenvalue weighted by Crippen LogP contribution is 2.18. The number of aliphatic carboxylic acids is 1. The second-order valence-corrected chi connectivity index (χ2v) is 5.05. The Kier molecular flexibility index (Phi) is 5.79. The molecule has 0 unspecified atom stereocenters. The van der Waals surface area contributed by atoms with Crippen LogP contribution in [-0.4, -0.2) is 29.0 Å². The summed E-state index contributed by atoms with van der Waals surface area (Å²) in [6.07, 6.45) is 4.50. The maximum absolute atomic E-state index is 11.3. The van der Waals surface area contributed by atoms with Gasteiger partial charge in [0.15, 0.2) is 0 Å². The highest BCUT2D eigenvalue weighted by atomic mass is 32.2. The Labute approximate surface area is 108 Å². The first kappa shape index (κ1) is 13.8. The molecule has 1 aromatic rings. The van der Waals surface area contributed by atoms with Crippen LogP contribution in [-0.2, 0) is 16.1 Å². The van der Waals surface area contributed by atoms with Crippen molar-refractivity contribution in [3.8, 4) is 0 Å². The summed E-state index contributed by atoms with van der Waals surface area (Å²) in [5.74, 6) is -0.557. The van der Waals surface area contributed by atoms with Crippen LogP contribution in [0, 0.1) is 0 Å². The Bertz CT molecular complexity index is 426. The molecular weight excluding hydrogens is 258 g/mol. The van der Waals surface area contributed by atoms with Crippen molar-refractivity contribution in [2.24, 2.45) is 0 Å².